The zero-order valence-electron chi connectivity index (χ0n) is 7.45. The predicted octanol–water partition coefficient (Wildman–Crippen LogP) is 1.84. The topological polar surface area (TPSA) is 45.9 Å². The summed E-state index contributed by atoms with van der Waals surface area (Å²) in [7, 11) is 1.63. The van der Waals surface area contributed by atoms with E-state index in [4.69, 9.17) is 10.00 Å². The van der Waals surface area contributed by atoms with Gasteiger partial charge in [0.25, 0.3) is 0 Å². The van der Waals surface area contributed by atoms with Crippen molar-refractivity contribution in [2.45, 2.75) is 18.8 Å². The van der Waals surface area contributed by atoms with Crippen LogP contribution in [0.15, 0.2) is 12.1 Å². The minimum atomic E-state index is 0.475. The first-order valence-electron chi connectivity index (χ1n) is 4.30. The number of nitrogens with zero attached hydrogens (tertiary/aromatic N) is 2. The monoisotopic (exact) mass is 174 g/mol. The Hall–Kier alpha value is -1.56. The normalized spacial score (nSPS) is 15.1. The van der Waals surface area contributed by atoms with E-state index in [1.165, 1.54) is 0 Å². The molecule has 66 valence electrons. The molecule has 1 saturated carbocycles. The molecular formula is C10H10N2O. The van der Waals surface area contributed by atoms with Gasteiger partial charge in [-0.25, -0.2) is 4.98 Å². The molecule has 1 aliphatic carbocycles. The van der Waals surface area contributed by atoms with Crippen molar-refractivity contribution in [3.8, 4) is 11.8 Å². The molecule has 0 amide bonds. The fourth-order valence-corrected chi connectivity index (χ4v) is 1.35. The summed E-state index contributed by atoms with van der Waals surface area (Å²) in [5.74, 6) is 1.32. The first-order valence-corrected chi connectivity index (χ1v) is 4.30. The number of nitriles is 1. The van der Waals surface area contributed by atoms with Crippen LogP contribution < -0.4 is 4.74 Å². The fraction of sp³-hybridized carbons (Fsp3) is 0.400. The Kier molecular flexibility index (Phi) is 1.90. The molecule has 0 radical (unpaired) electrons. The van der Waals surface area contributed by atoms with Crippen LogP contribution in [0.4, 0.5) is 0 Å². The van der Waals surface area contributed by atoms with Crippen molar-refractivity contribution in [2.24, 2.45) is 0 Å². The molecule has 13 heavy (non-hydrogen) atoms. The van der Waals surface area contributed by atoms with E-state index >= 15 is 0 Å². The summed E-state index contributed by atoms with van der Waals surface area (Å²) in [6.45, 7) is 0. The zero-order chi connectivity index (χ0) is 9.26. The van der Waals surface area contributed by atoms with E-state index in [0.717, 1.165) is 24.3 Å². The van der Waals surface area contributed by atoms with Crippen LogP contribution in [0, 0.1) is 11.3 Å². The molecule has 1 heterocycles. The number of hydrogen-bond donors (Lipinski definition) is 0. The smallest absolute Gasteiger partial charge is 0.141 e. The minimum Gasteiger partial charge on any atom is -0.495 e. The molecule has 3 heteroatoms. The molecule has 0 N–H and O–H groups in total. The van der Waals surface area contributed by atoms with Gasteiger partial charge >= 0.3 is 0 Å². The van der Waals surface area contributed by atoms with Crippen LogP contribution >= 0.6 is 0 Å². The highest BCUT2D eigenvalue weighted by Gasteiger charge is 2.28. The molecule has 0 atom stereocenters. The first kappa shape index (κ1) is 8.06. The van der Waals surface area contributed by atoms with Gasteiger partial charge in [-0.15, -0.1) is 0 Å². The van der Waals surface area contributed by atoms with Crippen molar-refractivity contribution in [2.75, 3.05) is 7.11 Å². The average Bonchev–Trinajstić information content (AvgIpc) is 3.00. The lowest BCUT2D eigenvalue weighted by molar-refractivity contribution is 0.407. The quantitative estimate of drug-likeness (QED) is 0.687. The molecule has 0 aromatic carbocycles. The van der Waals surface area contributed by atoms with Gasteiger partial charge in [-0.3, -0.25) is 0 Å². The number of aromatic nitrogens is 1. The van der Waals surface area contributed by atoms with Crippen LogP contribution in [0.1, 0.15) is 30.1 Å². The maximum atomic E-state index is 8.67. The number of rotatable bonds is 2. The maximum Gasteiger partial charge on any atom is 0.141 e. The summed E-state index contributed by atoms with van der Waals surface area (Å²) >= 11 is 0. The zero-order valence-corrected chi connectivity index (χ0v) is 7.45. The van der Waals surface area contributed by atoms with Gasteiger partial charge in [-0.1, -0.05) is 0 Å². The summed E-state index contributed by atoms with van der Waals surface area (Å²) in [5, 5.41) is 8.67. The third-order valence-corrected chi connectivity index (χ3v) is 2.18. The van der Waals surface area contributed by atoms with Crippen LogP contribution in [0.5, 0.6) is 5.75 Å². The van der Waals surface area contributed by atoms with Gasteiger partial charge in [0.1, 0.15) is 17.5 Å². The Balaban J connectivity index is 2.42. The third-order valence-electron chi connectivity index (χ3n) is 2.18. The van der Waals surface area contributed by atoms with Crippen LogP contribution in [-0.4, -0.2) is 12.1 Å². The van der Waals surface area contributed by atoms with E-state index in [1.54, 1.807) is 13.2 Å². The number of hydrogen-bond acceptors (Lipinski definition) is 3. The SMILES string of the molecule is COc1ccc(C#N)nc1C1CC1. The molecule has 0 bridgehead atoms. The van der Waals surface area contributed by atoms with Gasteiger partial charge in [0.2, 0.25) is 0 Å². The van der Waals surface area contributed by atoms with E-state index < -0.39 is 0 Å². The molecule has 0 aliphatic heterocycles. The molecule has 1 aliphatic rings. The lowest BCUT2D eigenvalue weighted by Gasteiger charge is -2.05. The van der Waals surface area contributed by atoms with Gasteiger partial charge < -0.3 is 4.74 Å². The van der Waals surface area contributed by atoms with Crippen molar-refractivity contribution >= 4 is 0 Å². The number of ether oxygens (including phenoxy) is 1. The van der Waals surface area contributed by atoms with Gasteiger partial charge in [0.15, 0.2) is 0 Å². The fourth-order valence-electron chi connectivity index (χ4n) is 1.35. The summed E-state index contributed by atoms with van der Waals surface area (Å²) in [5.41, 5.74) is 1.42. The van der Waals surface area contributed by atoms with Crippen molar-refractivity contribution in [1.29, 1.82) is 5.26 Å². The second kappa shape index (κ2) is 3.06. The molecule has 1 aromatic heterocycles. The standard InChI is InChI=1S/C10H10N2O/c1-13-9-5-4-8(6-11)12-10(9)7-2-3-7/h4-5,7H,2-3H2,1H3. The van der Waals surface area contributed by atoms with Crippen molar-refractivity contribution in [1.82, 2.24) is 4.98 Å². The van der Waals surface area contributed by atoms with Crippen LogP contribution in [0.25, 0.3) is 0 Å². The van der Waals surface area contributed by atoms with Crippen molar-refractivity contribution < 1.29 is 4.74 Å². The van der Waals surface area contributed by atoms with E-state index in [-0.39, 0.29) is 0 Å². The van der Waals surface area contributed by atoms with Crippen molar-refractivity contribution in [3.05, 3.63) is 23.5 Å². The van der Waals surface area contributed by atoms with E-state index in [0.29, 0.717) is 11.6 Å². The highest BCUT2D eigenvalue weighted by Crippen LogP contribution is 2.42. The van der Waals surface area contributed by atoms with Crippen LogP contribution in [-0.2, 0) is 0 Å². The van der Waals surface area contributed by atoms with Gasteiger partial charge in [-0.2, -0.15) is 5.26 Å². The lowest BCUT2D eigenvalue weighted by atomic mass is 10.2. The van der Waals surface area contributed by atoms with Gasteiger partial charge in [0.05, 0.1) is 12.8 Å². The molecule has 0 saturated heterocycles. The second-order valence-electron chi connectivity index (χ2n) is 3.17. The number of methoxy groups -OCH3 is 1. The summed E-state index contributed by atoms with van der Waals surface area (Å²) in [6.07, 6.45) is 2.33. The summed E-state index contributed by atoms with van der Waals surface area (Å²) in [4.78, 5) is 4.24. The highest BCUT2D eigenvalue weighted by atomic mass is 16.5. The molecular weight excluding hydrogens is 164 g/mol. The Bertz CT molecular complexity index is 364. The van der Waals surface area contributed by atoms with Crippen LogP contribution in [0.2, 0.25) is 0 Å². The summed E-state index contributed by atoms with van der Waals surface area (Å²) < 4.78 is 5.17. The van der Waals surface area contributed by atoms with Gasteiger partial charge in [0, 0.05) is 5.92 Å². The van der Waals surface area contributed by atoms with Crippen molar-refractivity contribution in [3.63, 3.8) is 0 Å². The predicted molar refractivity (Wildman–Crippen MR) is 47.5 cm³/mol. The molecule has 0 unspecified atom stereocenters. The van der Waals surface area contributed by atoms with E-state index in [1.807, 2.05) is 12.1 Å². The molecule has 1 fully saturated rings. The summed E-state index contributed by atoms with van der Waals surface area (Å²) in [6, 6.07) is 5.54. The molecule has 3 nitrogen and oxygen atoms in total. The Morgan fingerprint density at radius 2 is 2.31 bits per heavy atom. The Morgan fingerprint density at radius 3 is 2.85 bits per heavy atom. The Labute approximate surface area is 77.0 Å². The van der Waals surface area contributed by atoms with E-state index in [9.17, 15) is 0 Å². The highest BCUT2D eigenvalue weighted by molar-refractivity contribution is 5.37. The number of pyridine rings is 1. The minimum absolute atomic E-state index is 0.475. The largest absolute Gasteiger partial charge is 0.495 e. The molecule has 2 rings (SSSR count). The Morgan fingerprint density at radius 1 is 1.54 bits per heavy atom. The molecule has 0 spiro atoms. The third kappa shape index (κ3) is 1.48. The van der Waals surface area contributed by atoms with Gasteiger partial charge in [-0.05, 0) is 25.0 Å². The second-order valence-corrected chi connectivity index (χ2v) is 3.17. The first-order chi connectivity index (χ1) is 6.35. The maximum absolute atomic E-state index is 8.67. The lowest BCUT2D eigenvalue weighted by Crippen LogP contribution is -1.95. The van der Waals surface area contributed by atoms with E-state index in [2.05, 4.69) is 4.98 Å². The molecule has 1 aromatic rings. The average molecular weight is 174 g/mol. The van der Waals surface area contributed by atoms with Crippen LogP contribution in [0.3, 0.4) is 0 Å².